The Bertz CT molecular complexity index is 573. The number of halogens is 1. The molecule has 1 aliphatic heterocycles. The first-order valence-electron chi connectivity index (χ1n) is 5.74. The molecule has 0 N–H and O–H groups in total. The maximum Gasteiger partial charge on any atom is 0.0722 e. The molecule has 2 aromatic carbocycles. The van der Waals surface area contributed by atoms with Gasteiger partial charge in [-0.15, -0.1) is 0 Å². The summed E-state index contributed by atoms with van der Waals surface area (Å²) in [6.07, 6.45) is 0.936. The zero-order valence-corrected chi connectivity index (χ0v) is 10.1. The Morgan fingerprint density at radius 1 is 0.941 bits per heavy atom. The van der Waals surface area contributed by atoms with E-state index in [0.29, 0.717) is 0 Å². The Morgan fingerprint density at radius 2 is 1.76 bits per heavy atom. The van der Waals surface area contributed by atoms with Gasteiger partial charge in [-0.05, 0) is 18.1 Å². The summed E-state index contributed by atoms with van der Waals surface area (Å²) in [6.45, 7) is 0.820. The van der Waals surface area contributed by atoms with Gasteiger partial charge >= 0.3 is 0 Å². The van der Waals surface area contributed by atoms with Crippen molar-refractivity contribution in [2.45, 2.75) is 6.42 Å². The van der Waals surface area contributed by atoms with Crippen LogP contribution >= 0.6 is 11.6 Å². The van der Waals surface area contributed by atoms with E-state index in [-0.39, 0.29) is 0 Å². The average Bonchev–Trinajstić information content (AvgIpc) is 2.40. The van der Waals surface area contributed by atoms with Crippen molar-refractivity contribution in [1.82, 2.24) is 0 Å². The molecule has 1 nitrogen and oxygen atoms in total. The summed E-state index contributed by atoms with van der Waals surface area (Å²) in [6, 6.07) is 16.3. The number of rotatable bonds is 1. The van der Waals surface area contributed by atoms with Crippen LogP contribution in [0.15, 0.2) is 53.5 Å². The minimum atomic E-state index is 0.820. The Hall–Kier alpha value is -1.60. The summed E-state index contributed by atoms with van der Waals surface area (Å²) in [7, 11) is 0. The summed E-state index contributed by atoms with van der Waals surface area (Å²) < 4.78 is 0. The minimum Gasteiger partial charge on any atom is -0.284 e. The quantitative estimate of drug-likeness (QED) is 0.721. The first-order chi connectivity index (χ1) is 8.36. The standard InChI is InChI=1S/C15H12ClN/c16-14-8-4-7-13-12(14)9-10-17-15(13)11-5-2-1-3-6-11/h1-8H,9-10H2. The summed E-state index contributed by atoms with van der Waals surface area (Å²) in [4.78, 5) is 4.64. The van der Waals surface area contributed by atoms with Crippen LogP contribution in [0.3, 0.4) is 0 Å². The maximum absolute atomic E-state index is 6.24. The SMILES string of the molecule is Clc1cccc2c1CCN=C2c1ccccc1. The Kier molecular flexibility index (Phi) is 2.69. The predicted octanol–water partition coefficient (Wildman–Crippen LogP) is 3.73. The van der Waals surface area contributed by atoms with Gasteiger partial charge in [0.2, 0.25) is 0 Å². The molecule has 0 saturated carbocycles. The molecular formula is C15H12ClN. The highest BCUT2D eigenvalue weighted by Gasteiger charge is 2.17. The minimum absolute atomic E-state index is 0.820. The van der Waals surface area contributed by atoms with Crippen LogP contribution in [0.5, 0.6) is 0 Å². The van der Waals surface area contributed by atoms with E-state index in [0.717, 1.165) is 29.3 Å². The van der Waals surface area contributed by atoms with Gasteiger partial charge in [0.1, 0.15) is 0 Å². The van der Waals surface area contributed by atoms with Crippen LogP contribution in [0.1, 0.15) is 16.7 Å². The molecule has 3 rings (SSSR count). The molecule has 0 saturated heterocycles. The van der Waals surface area contributed by atoms with Gasteiger partial charge in [-0.2, -0.15) is 0 Å². The van der Waals surface area contributed by atoms with Crippen molar-refractivity contribution < 1.29 is 0 Å². The Balaban J connectivity index is 2.16. The molecule has 17 heavy (non-hydrogen) atoms. The zero-order valence-electron chi connectivity index (χ0n) is 9.36. The van der Waals surface area contributed by atoms with Crippen molar-refractivity contribution in [3.05, 3.63) is 70.2 Å². The van der Waals surface area contributed by atoms with Gasteiger partial charge in [0.05, 0.1) is 5.71 Å². The Morgan fingerprint density at radius 3 is 2.59 bits per heavy atom. The number of fused-ring (bicyclic) bond motifs is 1. The van der Waals surface area contributed by atoms with Gasteiger partial charge in [-0.3, -0.25) is 4.99 Å². The van der Waals surface area contributed by atoms with E-state index in [1.807, 2.05) is 30.3 Å². The molecule has 0 aliphatic carbocycles. The second-order valence-corrected chi connectivity index (χ2v) is 4.52. The van der Waals surface area contributed by atoms with Crippen molar-refractivity contribution >= 4 is 17.3 Å². The molecular weight excluding hydrogens is 230 g/mol. The van der Waals surface area contributed by atoms with E-state index in [1.165, 1.54) is 11.1 Å². The van der Waals surface area contributed by atoms with E-state index in [9.17, 15) is 0 Å². The monoisotopic (exact) mass is 241 g/mol. The molecule has 2 heteroatoms. The summed E-state index contributed by atoms with van der Waals surface area (Å²) in [5.74, 6) is 0. The van der Waals surface area contributed by atoms with E-state index >= 15 is 0 Å². The molecule has 0 unspecified atom stereocenters. The molecule has 0 aromatic heterocycles. The molecule has 0 amide bonds. The van der Waals surface area contributed by atoms with E-state index in [1.54, 1.807) is 0 Å². The van der Waals surface area contributed by atoms with Crippen molar-refractivity contribution in [3.8, 4) is 0 Å². The second-order valence-electron chi connectivity index (χ2n) is 4.11. The Labute approximate surface area is 106 Å². The van der Waals surface area contributed by atoms with Gasteiger partial charge < -0.3 is 0 Å². The molecule has 1 aliphatic rings. The van der Waals surface area contributed by atoms with E-state index < -0.39 is 0 Å². The third-order valence-electron chi connectivity index (χ3n) is 3.05. The van der Waals surface area contributed by atoms with Crippen molar-refractivity contribution in [2.75, 3.05) is 6.54 Å². The fourth-order valence-electron chi connectivity index (χ4n) is 2.24. The van der Waals surface area contributed by atoms with Crippen LogP contribution in [0.25, 0.3) is 0 Å². The average molecular weight is 242 g/mol. The molecule has 2 aromatic rings. The number of aliphatic imine (C=N–C) groups is 1. The van der Waals surface area contributed by atoms with Crippen LogP contribution in [0.2, 0.25) is 5.02 Å². The first-order valence-corrected chi connectivity index (χ1v) is 6.12. The highest BCUT2D eigenvalue weighted by atomic mass is 35.5. The second kappa shape index (κ2) is 4.34. The molecule has 0 radical (unpaired) electrons. The number of hydrogen-bond acceptors (Lipinski definition) is 1. The molecule has 0 bridgehead atoms. The zero-order chi connectivity index (χ0) is 11.7. The van der Waals surface area contributed by atoms with E-state index in [4.69, 9.17) is 11.6 Å². The van der Waals surface area contributed by atoms with Crippen molar-refractivity contribution in [3.63, 3.8) is 0 Å². The maximum atomic E-state index is 6.24. The smallest absolute Gasteiger partial charge is 0.0722 e. The summed E-state index contributed by atoms with van der Waals surface area (Å²) in [5.41, 5.74) is 4.63. The topological polar surface area (TPSA) is 12.4 Å². The molecule has 0 atom stereocenters. The van der Waals surface area contributed by atoms with Crippen LogP contribution in [0, 0.1) is 0 Å². The van der Waals surface area contributed by atoms with Crippen LogP contribution < -0.4 is 0 Å². The lowest BCUT2D eigenvalue weighted by Gasteiger charge is -2.18. The normalized spacial score (nSPS) is 14.1. The molecule has 0 spiro atoms. The van der Waals surface area contributed by atoms with Gasteiger partial charge in [0, 0.05) is 22.7 Å². The van der Waals surface area contributed by atoms with Crippen molar-refractivity contribution in [2.24, 2.45) is 4.99 Å². The molecule has 1 heterocycles. The highest BCUT2D eigenvalue weighted by molar-refractivity contribution is 6.32. The fourth-order valence-corrected chi connectivity index (χ4v) is 2.51. The summed E-state index contributed by atoms with van der Waals surface area (Å²) >= 11 is 6.24. The number of benzene rings is 2. The predicted molar refractivity (Wildman–Crippen MR) is 72.1 cm³/mol. The van der Waals surface area contributed by atoms with E-state index in [2.05, 4.69) is 23.2 Å². The van der Waals surface area contributed by atoms with Gasteiger partial charge in [-0.25, -0.2) is 0 Å². The van der Waals surface area contributed by atoms with Gasteiger partial charge in [0.15, 0.2) is 0 Å². The third kappa shape index (κ3) is 1.87. The third-order valence-corrected chi connectivity index (χ3v) is 3.41. The highest BCUT2D eigenvalue weighted by Crippen LogP contribution is 2.26. The summed E-state index contributed by atoms with van der Waals surface area (Å²) in [5, 5.41) is 0.853. The van der Waals surface area contributed by atoms with Gasteiger partial charge in [0.25, 0.3) is 0 Å². The largest absolute Gasteiger partial charge is 0.284 e. The van der Waals surface area contributed by atoms with Crippen molar-refractivity contribution in [1.29, 1.82) is 0 Å². The molecule has 84 valence electrons. The molecule has 0 fully saturated rings. The lowest BCUT2D eigenvalue weighted by molar-refractivity contribution is 0.944. The number of hydrogen-bond donors (Lipinski definition) is 0. The first kappa shape index (κ1) is 10.5. The van der Waals surface area contributed by atoms with Crippen LogP contribution in [-0.2, 0) is 6.42 Å². The lowest BCUT2D eigenvalue weighted by atomic mass is 9.93. The van der Waals surface area contributed by atoms with Crippen LogP contribution in [-0.4, -0.2) is 12.3 Å². The number of nitrogens with zero attached hydrogens (tertiary/aromatic N) is 1. The lowest BCUT2D eigenvalue weighted by Crippen LogP contribution is -2.14. The fraction of sp³-hybridized carbons (Fsp3) is 0.133. The van der Waals surface area contributed by atoms with Gasteiger partial charge in [-0.1, -0.05) is 54.1 Å². The van der Waals surface area contributed by atoms with Crippen LogP contribution in [0.4, 0.5) is 0 Å².